The molecule has 212 valence electrons. The number of hydrogen-bond acceptors (Lipinski definition) is 4. The number of unbranched alkanes of at least 4 members (excludes halogenated alkanes) is 15. The highest BCUT2D eigenvalue weighted by molar-refractivity contribution is 5.84. The van der Waals surface area contributed by atoms with Crippen molar-refractivity contribution in [2.24, 2.45) is 5.92 Å². The molecule has 0 aliphatic rings. The van der Waals surface area contributed by atoms with Crippen molar-refractivity contribution in [2.45, 2.75) is 162 Å². The molecule has 0 bridgehead atoms. The van der Waals surface area contributed by atoms with Crippen LogP contribution in [0.25, 0.3) is 0 Å². The topological polar surface area (TPSA) is 92.7 Å². The summed E-state index contributed by atoms with van der Waals surface area (Å²) in [6.07, 6.45) is 21.5. The van der Waals surface area contributed by atoms with Crippen LogP contribution in [0.4, 0.5) is 0 Å². The molecular formula is C30H57NO5. The van der Waals surface area contributed by atoms with Gasteiger partial charge in [-0.25, -0.2) is 4.79 Å². The molecule has 1 atom stereocenters. The summed E-state index contributed by atoms with van der Waals surface area (Å²) < 4.78 is 5.37. The summed E-state index contributed by atoms with van der Waals surface area (Å²) in [6.45, 7) is 7.08. The third kappa shape index (κ3) is 24.1. The van der Waals surface area contributed by atoms with Crippen LogP contribution in [0, 0.1) is 5.92 Å². The van der Waals surface area contributed by atoms with E-state index >= 15 is 0 Å². The Balaban J connectivity index is 3.99. The molecule has 0 fully saturated rings. The van der Waals surface area contributed by atoms with Gasteiger partial charge in [-0.05, 0) is 25.2 Å². The number of hydrogen-bond donors (Lipinski definition) is 2. The van der Waals surface area contributed by atoms with Gasteiger partial charge in [0.15, 0.2) is 0 Å². The lowest BCUT2D eigenvalue weighted by molar-refractivity contribution is -0.148. The summed E-state index contributed by atoms with van der Waals surface area (Å²) in [6, 6.07) is -0.877. The fraction of sp³-hybridized carbons (Fsp3) is 0.900. The van der Waals surface area contributed by atoms with Crippen LogP contribution in [0.2, 0.25) is 0 Å². The molecule has 0 rings (SSSR count). The molecule has 0 unspecified atom stereocenters. The lowest BCUT2D eigenvalue weighted by atomic mass is 10.0. The van der Waals surface area contributed by atoms with Gasteiger partial charge in [-0.3, -0.25) is 9.59 Å². The SMILES string of the molecule is CCCCCCCCCCCCC(=O)N[C@@H](CCC(=O)O)C(=O)OCCCCCCCCCC(C)C. The molecule has 0 aromatic carbocycles. The first kappa shape index (κ1) is 34.4. The molecule has 0 aliphatic heterocycles. The van der Waals surface area contributed by atoms with Gasteiger partial charge < -0.3 is 15.2 Å². The van der Waals surface area contributed by atoms with Gasteiger partial charge in [-0.15, -0.1) is 0 Å². The second kappa shape index (κ2) is 25.1. The van der Waals surface area contributed by atoms with Gasteiger partial charge in [0.1, 0.15) is 6.04 Å². The van der Waals surface area contributed by atoms with Crippen LogP contribution in [0.5, 0.6) is 0 Å². The van der Waals surface area contributed by atoms with E-state index in [2.05, 4.69) is 26.1 Å². The van der Waals surface area contributed by atoms with Crippen LogP contribution in [-0.4, -0.2) is 35.6 Å². The Hall–Kier alpha value is -1.59. The van der Waals surface area contributed by atoms with Crippen molar-refractivity contribution in [3.63, 3.8) is 0 Å². The van der Waals surface area contributed by atoms with E-state index in [1.54, 1.807) is 0 Å². The number of rotatable bonds is 26. The zero-order valence-electron chi connectivity index (χ0n) is 23.8. The van der Waals surface area contributed by atoms with E-state index in [-0.39, 0.29) is 18.7 Å². The summed E-state index contributed by atoms with van der Waals surface area (Å²) in [4.78, 5) is 35.8. The molecule has 0 aromatic heterocycles. The van der Waals surface area contributed by atoms with E-state index in [1.165, 1.54) is 77.0 Å². The van der Waals surface area contributed by atoms with Gasteiger partial charge >= 0.3 is 11.9 Å². The van der Waals surface area contributed by atoms with Crippen LogP contribution < -0.4 is 5.32 Å². The van der Waals surface area contributed by atoms with Crippen molar-refractivity contribution in [2.75, 3.05) is 6.61 Å². The molecule has 36 heavy (non-hydrogen) atoms. The summed E-state index contributed by atoms with van der Waals surface area (Å²) in [5.74, 6) is -0.908. The van der Waals surface area contributed by atoms with Gasteiger partial charge in [0.05, 0.1) is 6.61 Å². The van der Waals surface area contributed by atoms with E-state index < -0.39 is 18.0 Å². The van der Waals surface area contributed by atoms with Gasteiger partial charge in [0.25, 0.3) is 0 Å². The monoisotopic (exact) mass is 511 g/mol. The minimum atomic E-state index is -0.981. The number of carbonyl (C=O) groups excluding carboxylic acids is 2. The van der Waals surface area contributed by atoms with Crippen LogP contribution >= 0.6 is 0 Å². The summed E-state index contributed by atoms with van der Waals surface area (Å²) >= 11 is 0. The second-order valence-electron chi connectivity index (χ2n) is 10.8. The average Bonchev–Trinajstić information content (AvgIpc) is 2.83. The Morgan fingerprint density at radius 1 is 0.667 bits per heavy atom. The first-order valence-electron chi connectivity index (χ1n) is 15.0. The molecule has 0 spiro atoms. The lowest BCUT2D eigenvalue weighted by Crippen LogP contribution is -2.42. The Labute approximate surface area is 221 Å². The predicted molar refractivity (Wildman–Crippen MR) is 148 cm³/mol. The maximum Gasteiger partial charge on any atom is 0.328 e. The minimum absolute atomic E-state index is 0.0638. The van der Waals surface area contributed by atoms with Crippen molar-refractivity contribution < 1.29 is 24.2 Å². The first-order chi connectivity index (χ1) is 17.4. The largest absolute Gasteiger partial charge is 0.481 e. The number of carboxylic acids is 1. The molecule has 0 saturated heterocycles. The fourth-order valence-electron chi connectivity index (χ4n) is 4.37. The molecule has 0 radical (unpaired) electrons. The smallest absolute Gasteiger partial charge is 0.328 e. The summed E-state index contributed by atoms with van der Waals surface area (Å²) in [5, 5.41) is 11.7. The molecule has 6 nitrogen and oxygen atoms in total. The Kier molecular flexibility index (Phi) is 24.0. The van der Waals surface area contributed by atoms with Gasteiger partial charge in [0, 0.05) is 12.8 Å². The Bertz CT molecular complexity index is 549. The van der Waals surface area contributed by atoms with E-state index in [9.17, 15) is 14.4 Å². The van der Waals surface area contributed by atoms with E-state index in [1.807, 2.05) is 0 Å². The lowest BCUT2D eigenvalue weighted by Gasteiger charge is -2.17. The van der Waals surface area contributed by atoms with E-state index in [4.69, 9.17) is 9.84 Å². The highest BCUT2D eigenvalue weighted by Gasteiger charge is 2.23. The normalized spacial score (nSPS) is 12.0. The fourth-order valence-corrected chi connectivity index (χ4v) is 4.37. The first-order valence-corrected chi connectivity index (χ1v) is 15.0. The quantitative estimate of drug-likeness (QED) is 0.0907. The highest BCUT2D eigenvalue weighted by Crippen LogP contribution is 2.13. The number of amides is 1. The average molecular weight is 512 g/mol. The van der Waals surface area contributed by atoms with Crippen LogP contribution in [0.1, 0.15) is 156 Å². The second-order valence-corrected chi connectivity index (χ2v) is 10.8. The molecule has 0 saturated carbocycles. The molecular weight excluding hydrogens is 454 g/mol. The molecule has 2 N–H and O–H groups in total. The van der Waals surface area contributed by atoms with Crippen LogP contribution in [0.15, 0.2) is 0 Å². The molecule has 6 heteroatoms. The maximum absolute atomic E-state index is 12.5. The van der Waals surface area contributed by atoms with Crippen molar-refractivity contribution in [1.29, 1.82) is 0 Å². The van der Waals surface area contributed by atoms with Crippen molar-refractivity contribution >= 4 is 17.8 Å². The number of carboxylic acid groups (broad SMARTS) is 1. The standard InChI is InChI=1S/C30H57NO5/c1-4-5-6-7-8-9-10-13-16-19-22-28(32)31-27(23-24-29(33)34)30(35)36-25-20-17-14-11-12-15-18-21-26(2)3/h26-27H,4-25H2,1-3H3,(H,31,32)(H,33,34)/t27-/m0/s1. The molecule has 0 heterocycles. The van der Waals surface area contributed by atoms with Crippen molar-refractivity contribution in [1.82, 2.24) is 5.32 Å². The number of carbonyl (C=O) groups is 3. The highest BCUT2D eigenvalue weighted by atomic mass is 16.5. The number of nitrogens with one attached hydrogen (secondary N) is 1. The van der Waals surface area contributed by atoms with E-state index in [0.717, 1.165) is 44.4 Å². The number of esters is 1. The molecule has 1 amide bonds. The molecule has 0 aliphatic carbocycles. The maximum atomic E-state index is 12.5. The van der Waals surface area contributed by atoms with Crippen LogP contribution in [-0.2, 0) is 19.1 Å². The van der Waals surface area contributed by atoms with Crippen LogP contribution in [0.3, 0.4) is 0 Å². The third-order valence-corrected chi connectivity index (χ3v) is 6.69. The third-order valence-electron chi connectivity index (χ3n) is 6.69. The van der Waals surface area contributed by atoms with Gasteiger partial charge in [-0.1, -0.05) is 124 Å². The summed E-state index contributed by atoms with van der Waals surface area (Å²) in [5.41, 5.74) is 0. The predicted octanol–water partition coefficient (Wildman–Crippen LogP) is 7.97. The zero-order valence-corrected chi connectivity index (χ0v) is 23.8. The number of aliphatic carboxylic acids is 1. The Morgan fingerprint density at radius 3 is 1.69 bits per heavy atom. The summed E-state index contributed by atoms with van der Waals surface area (Å²) in [7, 11) is 0. The van der Waals surface area contributed by atoms with Gasteiger partial charge in [0.2, 0.25) is 5.91 Å². The van der Waals surface area contributed by atoms with E-state index in [0.29, 0.717) is 13.0 Å². The zero-order chi connectivity index (χ0) is 26.9. The minimum Gasteiger partial charge on any atom is -0.481 e. The van der Waals surface area contributed by atoms with Crippen molar-refractivity contribution in [3.05, 3.63) is 0 Å². The van der Waals surface area contributed by atoms with Crippen molar-refractivity contribution in [3.8, 4) is 0 Å². The van der Waals surface area contributed by atoms with Gasteiger partial charge in [-0.2, -0.15) is 0 Å². The number of ether oxygens (including phenoxy) is 1. The molecule has 0 aromatic rings. The Morgan fingerprint density at radius 2 is 1.17 bits per heavy atom.